The number of carbonyl (C=O) groups is 2. The molecule has 2 fully saturated rings. The predicted molar refractivity (Wildman–Crippen MR) is 177 cm³/mol. The van der Waals surface area contributed by atoms with E-state index in [4.69, 9.17) is 9.47 Å². The second-order valence-corrected chi connectivity index (χ2v) is 13.6. The van der Waals surface area contributed by atoms with Crippen LogP contribution in [0.15, 0.2) is 54.5 Å². The molecule has 3 aliphatic rings. The maximum Gasteiger partial charge on any atom is 0.410 e. The molecular weight excluding hydrogens is 584 g/mol. The van der Waals surface area contributed by atoms with Gasteiger partial charge in [-0.25, -0.2) is 4.79 Å². The Morgan fingerprint density at radius 2 is 1.83 bits per heavy atom. The molecular formula is C36H54N4O6. The predicted octanol–water partition coefficient (Wildman–Crippen LogP) is 5.33. The van der Waals surface area contributed by atoms with Gasteiger partial charge < -0.3 is 24.6 Å². The maximum atomic E-state index is 13.4. The highest BCUT2D eigenvalue weighted by atomic mass is 16.6. The summed E-state index contributed by atoms with van der Waals surface area (Å²) >= 11 is 0. The van der Waals surface area contributed by atoms with E-state index in [1.165, 1.54) is 38.5 Å². The summed E-state index contributed by atoms with van der Waals surface area (Å²) in [5.74, 6) is -0.766. The van der Waals surface area contributed by atoms with Gasteiger partial charge in [0.2, 0.25) is 0 Å². The number of esters is 1. The molecule has 0 bridgehead atoms. The summed E-state index contributed by atoms with van der Waals surface area (Å²) in [6, 6.07) is 0.597. The molecule has 4 rings (SSSR count). The van der Waals surface area contributed by atoms with Crippen LogP contribution in [0.25, 0.3) is 0 Å². The van der Waals surface area contributed by atoms with Gasteiger partial charge in [-0.2, -0.15) is 0 Å². The molecule has 2 N–H and O–H groups in total. The van der Waals surface area contributed by atoms with E-state index in [2.05, 4.69) is 14.9 Å². The van der Waals surface area contributed by atoms with Crippen molar-refractivity contribution >= 4 is 12.1 Å². The molecule has 3 heterocycles. The number of amides is 1. The van der Waals surface area contributed by atoms with E-state index in [0.717, 1.165) is 24.4 Å². The highest BCUT2D eigenvalue weighted by Crippen LogP contribution is 2.28. The van der Waals surface area contributed by atoms with Gasteiger partial charge in [-0.05, 0) is 51.2 Å². The molecule has 1 aromatic rings. The van der Waals surface area contributed by atoms with Crippen molar-refractivity contribution in [2.45, 2.75) is 121 Å². The lowest BCUT2D eigenvalue weighted by atomic mass is 9.88. The lowest BCUT2D eigenvalue weighted by Gasteiger charge is -2.40. The first-order valence-electron chi connectivity index (χ1n) is 17.1. The lowest BCUT2D eigenvalue weighted by Crippen LogP contribution is -2.53. The second-order valence-electron chi connectivity index (χ2n) is 13.6. The number of cyclic esters (lactones) is 1. The van der Waals surface area contributed by atoms with Crippen molar-refractivity contribution in [3.63, 3.8) is 0 Å². The van der Waals surface area contributed by atoms with E-state index >= 15 is 0 Å². The Kier molecular flexibility index (Phi) is 13.4. The van der Waals surface area contributed by atoms with Crippen LogP contribution in [0.2, 0.25) is 0 Å². The largest absolute Gasteiger partial charge is 0.457 e. The third kappa shape index (κ3) is 10.5. The summed E-state index contributed by atoms with van der Waals surface area (Å²) in [5, 5.41) is 22.1. The van der Waals surface area contributed by atoms with Crippen LogP contribution in [0.4, 0.5) is 4.79 Å². The first-order chi connectivity index (χ1) is 22.0. The number of ether oxygens (including phenoxy) is 2. The number of aliphatic hydroxyl groups is 2. The summed E-state index contributed by atoms with van der Waals surface area (Å²) in [7, 11) is 0. The molecule has 0 radical (unpaired) electrons. The third-order valence-corrected chi connectivity index (χ3v) is 9.72. The normalized spacial score (nSPS) is 31.3. The minimum atomic E-state index is -1.45. The van der Waals surface area contributed by atoms with Gasteiger partial charge in [-0.3, -0.25) is 19.7 Å². The number of nitrogens with zero attached hydrogens (tertiary/aromatic N) is 4. The topological polar surface area (TPSA) is 125 Å². The summed E-state index contributed by atoms with van der Waals surface area (Å²) in [6.07, 6.45) is 19.1. The summed E-state index contributed by atoms with van der Waals surface area (Å²) in [6.45, 7) is 10.3. The molecule has 1 saturated heterocycles. The number of aromatic nitrogens is 2. The molecule has 1 saturated carbocycles. The quantitative estimate of drug-likeness (QED) is 0.184. The first kappa shape index (κ1) is 35.8. The summed E-state index contributed by atoms with van der Waals surface area (Å²) in [4.78, 5) is 39.0. The van der Waals surface area contributed by atoms with Crippen LogP contribution in [0.5, 0.6) is 0 Å². The number of aliphatic hydroxyl groups excluding tert-OH is 1. The van der Waals surface area contributed by atoms with E-state index in [-0.39, 0.29) is 31.1 Å². The SMILES string of the molecule is C/C(=C\C=C\C(C)c1cnccn1)[C@H]1OC(=O)C[C@@H](O)CC[C@](C)(O)[C@H](OC(=O)N2CCN(C3CCCCCC3)CC2)/C=C/[C@@H]1C. The lowest BCUT2D eigenvalue weighted by molar-refractivity contribution is -0.151. The molecule has 10 nitrogen and oxygen atoms in total. The maximum absolute atomic E-state index is 13.4. The third-order valence-electron chi connectivity index (χ3n) is 9.72. The summed E-state index contributed by atoms with van der Waals surface area (Å²) in [5.41, 5.74) is 0.214. The fourth-order valence-corrected chi connectivity index (χ4v) is 6.64. The zero-order valence-electron chi connectivity index (χ0n) is 28.1. The van der Waals surface area contributed by atoms with E-state index < -0.39 is 36.0 Å². The standard InChI is InChI=1S/C36H54N4O6/c1-26(31-25-37-18-19-38-31)10-9-11-27(2)34-28(3)14-15-32(36(4,44)17-16-30(41)24-33(42)46-34)45-35(43)40-22-20-39(21-23-40)29-12-7-5-6-8-13-29/h9-11,14-15,18-19,25-26,28-30,32,34,41,44H,5-8,12-13,16-17,20-24H2,1-4H3/b10-9+,15-14+,27-11+/t26?,28-,30-,32+,34+,36-/m0/s1. The second kappa shape index (κ2) is 17.2. The van der Waals surface area contributed by atoms with E-state index in [1.807, 2.05) is 45.1 Å². The number of hydrogen-bond donors (Lipinski definition) is 2. The Labute approximate surface area is 274 Å². The van der Waals surface area contributed by atoms with Crippen LogP contribution in [-0.2, 0) is 14.3 Å². The Bertz CT molecular complexity index is 1200. The summed E-state index contributed by atoms with van der Waals surface area (Å²) < 4.78 is 11.9. The molecule has 1 aromatic heterocycles. The Balaban J connectivity index is 1.45. The molecule has 1 amide bonds. The van der Waals surface area contributed by atoms with Crippen molar-refractivity contribution in [3.05, 3.63) is 60.2 Å². The van der Waals surface area contributed by atoms with Crippen molar-refractivity contribution in [2.75, 3.05) is 26.2 Å². The number of hydrogen-bond acceptors (Lipinski definition) is 9. The number of carbonyl (C=O) groups excluding carboxylic acids is 2. The van der Waals surface area contributed by atoms with Crippen LogP contribution < -0.4 is 0 Å². The Morgan fingerprint density at radius 1 is 1.11 bits per heavy atom. The van der Waals surface area contributed by atoms with Crippen LogP contribution in [0.3, 0.4) is 0 Å². The molecule has 1 unspecified atom stereocenters. The van der Waals surface area contributed by atoms with Crippen molar-refractivity contribution in [3.8, 4) is 0 Å². The average molecular weight is 639 g/mol. The van der Waals surface area contributed by atoms with Gasteiger partial charge in [0.1, 0.15) is 11.7 Å². The van der Waals surface area contributed by atoms with Gasteiger partial charge >= 0.3 is 12.1 Å². The van der Waals surface area contributed by atoms with Crippen molar-refractivity contribution in [1.82, 2.24) is 19.8 Å². The fourth-order valence-electron chi connectivity index (χ4n) is 6.64. The van der Waals surface area contributed by atoms with E-state index in [0.29, 0.717) is 19.1 Å². The minimum absolute atomic E-state index is 0.0431. The first-order valence-corrected chi connectivity index (χ1v) is 17.1. The van der Waals surface area contributed by atoms with Crippen molar-refractivity contribution in [1.29, 1.82) is 0 Å². The number of rotatable bonds is 6. The van der Waals surface area contributed by atoms with Gasteiger partial charge in [0, 0.05) is 62.6 Å². The Morgan fingerprint density at radius 3 is 2.50 bits per heavy atom. The van der Waals surface area contributed by atoms with Crippen molar-refractivity contribution in [2.24, 2.45) is 5.92 Å². The van der Waals surface area contributed by atoms with Gasteiger partial charge in [0.05, 0.1) is 18.2 Å². The van der Waals surface area contributed by atoms with Crippen LogP contribution in [-0.4, -0.2) is 98.2 Å². The molecule has 10 heteroatoms. The van der Waals surface area contributed by atoms with Gasteiger partial charge in [0.15, 0.2) is 6.10 Å². The van der Waals surface area contributed by atoms with Gasteiger partial charge in [-0.15, -0.1) is 0 Å². The van der Waals surface area contributed by atoms with E-state index in [9.17, 15) is 19.8 Å². The monoisotopic (exact) mass is 638 g/mol. The van der Waals surface area contributed by atoms with Gasteiger partial charge in [0.25, 0.3) is 0 Å². The highest BCUT2D eigenvalue weighted by molar-refractivity contribution is 5.70. The average Bonchev–Trinajstić information content (AvgIpc) is 3.34. The van der Waals surface area contributed by atoms with E-state index in [1.54, 1.807) is 36.5 Å². The highest BCUT2D eigenvalue weighted by Gasteiger charge is 2.37. The number of allylic oxidation sites excluding steroid dienone is 3. The molecule has 46 heavy (non-hydrogen) atoms. The van der Waals surface area contributed by atoms with Crippen LogP contribution >= 0.6 is 0 Å². The number of piperazine rings is 1. The van der Waals surface area contributed by atoms with Gasteiger partial charge in [-0.1, -0.05) is 63.8 Å². The zero-order valence-corrected chi connectivity index (χ0v) is 28.1. The van der Waals surface area contributed by atoms with Crippen LogP contribution in [0, 0.1) is 5.92 Å². The smallest absolute Gasteiger partial charge is 0.410 e. The fraction of sp³-hybridized carbons (Fsp3) is 0.667. The Hall–Kier alpha value is -3.08. The molecule has 2 aliphatic heterocycles. The zero-order chi connectivity index (χ0) is 33.1. The molecule has 0 spiro atoms. The molecule has 0 aromatic carbocycles. The van der Waals surface area contributed by atoms with Crippen LogP contribution in [0.1, 0.15) is 97.1 Å². The molecule has 6 atom stereocenters. The molecule has 1 aliphatic carbocycles. The minimum Gasteiger partial charge on any atom is -0.457 e. The molecule has 254 valence electrons. The van der Waals surface area contributed by atoms with Crippen molar-refractivity contribution < 1.29 is 29.3 Å².